The first-order valence-corrected chi connectivity index (χ1v) is 4.34. The van der Waals surface area contributed by atoms with Crippen molar-refractivity contribution >= 4 is 5.97 Å². The Balaban J connectivity index is 2.71. The summed E-state index contributed by atoms with van der Waals surface area (Å²) < 4.78 is 15.1. The van der Waals surface area contributed by atoms with Crippen molar-refractivity contribution in [2.75, 3.05) is 20.8 Å². The number of carbonyl (C=O) groups is 1. The average Bonchev–Trinajstić information content (AvgIpc) is 2.73. The predicted molar refractivity (Wildman–Crippen MR) is 46.4 cm³/mol. The SMILES string of the molecule is CCC1(COC)OC1(C)C(=O)OC. The second-order valence-electron chi connectivity index (χ2n) is 3.41. The molecule has 0 spiro atoms. The van der Waals surface area contributed by atoms with Gasteiger partial charge in [-0.1, -0.05) is 6.92 Å². The largest absolute Gasteiger partial charge is 0.467 e. The van der Waals surface area contributed by atoms with Crippen LogP contribution in [0.1, 0.15) is 20.3 Å². The van der Waals surface area contributed by atoms with E-state index < -0.39 is 11.2 Å². The fraction of sp³-hybridized carbons (Fsp3) is 0.889. The molecule has 2 unspecified atom stereocenters. The van der Waals surface area contributed by atoms with E-state index in [2.05, 4.69) is 4.74 Å². The summed E-state index contributed by atoms with van der Waals surface area (Å²) in [6.07, 6.45) is 0.742. The van der Waals surface area contributed by atoms with Crippen LogP contribution in [0.15, 0.2) is 0 Å². The minimum Gasteiger partial charge on any atom is -0.467 e. The highest BCUT2D eigenvalue weighted by Gasteiger charge is 2.71. The van der Waals surface area contributed by atoms with Gasteiger partial charge in [0.25, 0.3) is 0 Å². The molecule has 2 atom stereocenters. The first kappa shape index (κ1) is 10.5. The van der Waals surface area contributed by atoms with Crippen LogP contribution in [0.5, 0.6) is 0 Å². The van der Waals surface area contributed by atoms with Crippen LogP contribution in [0.3, 0.4) is 0 Å². The van der Waals surface area contributed by atoms with Gasteiger partial charge < -0.3 is 14.2 Å². The molecule has 1 fully saturated rings. The van der Waals surface area contributed by atoms with Gasteiger partial charge in [0, 0.05) is 7.11 Å². The van der Waals surface area contributed by atoms with Crippen molar-refractivity contribution in [2.24, 2.45) is 0 Å². The maximum atomic E-state index is 11.3. The lowest BCUT2D eigenvalue weighted by molar-refractivity contribution is -0.146. The van der Waals surface area contributed by atoms with Gasteiger partial charge in [0.1, 0.15) is 5.60 Å². The highest BCUT2D eigenvalue weighted by Crippen LogP contribution is 2.51. The Bertz CT molecular complexity index is 216. The van der Waals surface area contributed by atoms with E-state index in [0.717, 1.165) is 6.42 Å². The van der Waals surface area contributed by atoms with Crippen molar-refractivity contribution in [3.05, 3.63) is 0 Å². The molecule has 0 aromatic rings. The summed E-state index contributed by atoms with van der Waals surface area (Å²) in [5.41, 5.74) is -1.29. The van der Waals surface area contributed by atoms with Gasteiger partial charge >= 0.3 is 5.97 Å². The van der Waals surface area contributed by atoms with Crippen LogP contribution < -0.4 is 0 Å². The summed E-state index contributed by atoms with van der Waals surface area (Å²) in [6.45, 7) is 4.13. The zero-order chi connectivity index (χ0) is 10.1. The molecule has 0 N–H and O–H groups in total. The van der Waals surface area contributed by atoms with Crippen molar-refractivity contribution in [3.63, 3.8) is 0 Å². The molecule has 4 heteroatoms. The van der Waals surface area contributed by atoms with E-state index in [9.17, 15) is 4.79 Å². The highest BCUT2D eigenvalue weighted by molar-refractivity contribution is 5.84. The molecule has 1 aliphatic rings. The Morgan fingerprint density at radius 3 is 2.46 bits per heavy atom. The number of methoxy groups -OCH3 is 2. The van der Waals surface area contributed by atoms with Crippen molar-refractivity contribution in [2.45, 2.75) is 31.5 Å². The van der Waals surface area contributed by atoms with Gasteiger partial charge in [-0.2, -0.15) is 0 Å². The van der Waals surface area contributed by atoms with Crippen LogP contribution in [0.2, 0.25) is 0 Å². The number of hydrogen-bond acceptors (Lipinski definition) is 4. The zero-order valence-corrected chi connectivity index (χ0v) is 8.55. The van der Waals surface area contributed by atoms with Gasteiger partial charge in [-0.25, -0.2) is 4.79 Å². The standard InChI is InChI=1S/C9H16O4/c1-5-9(6-11-3)8(2,13-9)7(10)12-4/h5-6H2,1-4H3. The predicted octanol–water partition coefficient (Wildman–Crippen LogP) is 0.744. The quantitative estimate of drug-likeness (QED) is 0.482. The van der Waals surface area contributed by atoms with Crippen LogP contribution in [0.4, 0.5) is 0 Å². The van der Waals surface area contributed by atoms with Crippen LogP contribution in [0.25, 0.3) is 0 Å². The molecule has 0 aliphatic carbocycles. The summed E-state index contributed by atoms with van der Waals surface area (Å²) in [6, 6.07) is 0. The number of carbonyl (C=O) groups excluding carboxylic acids is 1. The highest BCUT2D eigenvalue weighted by atomic mass is 16.7. The van der Waals surface area contributed by atoms with Crippen molar-refractivity contribution < 1.29 is 19.0 Å². The number of epoxide rings is 1. The summed E-state index contributed by atoms with van der Waals surface area (Å²) in [5, 5.41) is 0. The average molecular weight is 188 g/mol. The van der Waals surface area contributed by atoms with Crippen LogP contribution in [-0.4, -0.2) is 38.0 Å². The molecule has 1 heterocycles. The molecule has 4 nitrogen and oxygen atoms in total. The lowest BCUT2D eigenvalue weighted by Crippen LogP contribution is -2.35. The Hall–Kier alpha value is -0.610. The Morgan fingerprint density at radius 1 is 1.46 bits per heavy atom. The maximum Gasteiger partial charge on any atom is 0.341 e. The zero-order valence-electron chi connectivity index (χ0n) is 8.55. The lowest BCUT2D eigenvalue weighted by atomic mass is 9.92. The normalized spacial score (nSPS) is 37.2. The third kappa shape index (κ3) is 1.34. The van der Waals surface area contributed by atoms with E-state index in [0.29, 0.717) is 6.61 Å². The number of hydrogen-bond donors (Lipinski definition) is 0. The van der Waals surface area contributed by atoms with Gasteiger partial charge in [-0.3, -0.25) is 0 Å². The van der Waals surface area contributed by atoms with E-state index in [1.165, 1.54) is 7.11 Å². The molecule has 1 saturated heterocycles. The van der Waals surface area contributed by atoms with Crippen molar-refractivity contribution in [1.82, 2.24) is 0 Å². The minimum atomic E-state index is -0.813. The molecule has 0 radical (unpaired) electrons. The van der Waals surface area contributed by atoms with E-state index in [-0.39, 0.29) is 5.97 Å². The van der Waals surface area contributed by atoms with E-state index in [4.69, 9.17) is 9.47 Å². The van der Waals surface area contributed by atoms with Gasteiger partial charge in [0.2, 0.25) is 0 Å². The number of rotatable bonds is 4. The monoisotopic (exact) mass is 188 g/mol. The molecular formula is C9H16O4. The van der Waals surface area contributed by atoms with Gasteiger partial charge in [0.15, 0.2) is 5.60 Å². The van der Waals surface area contributed by atoms with Gasteiger partial charge in [-0.15, -0.1) is 0 Å². The molecule has 0 amide bonds. The fourth-order valence-electron chi connectivity index (χ4n) is 1.70. The van der Waals surface area contributed by atoms with Gasteiger partial charge in [-0.05, 0) is 13.3 Å². The molecule has 76 valence electrons. The molecule has 0 saturated carbocycles. The molecule has 13 heavy (non-hydrogen) atoms. The Morgan fingerprint density at radius 2 is 2.08 bits per heavy atom. The fourth-order valence-corrected chi connectivity index (χ4v) is 1.70. The molecule has 0 bridgehead atoms. The number of ether oxygens (including phenoxy) is 3. The van der Waals surface area contributed by atoms with E-state index in [1.54, 1.807) is 14.0 Å². The topological polar surface area (TPSA) is 48.1 Å². The van der Waals surface area contributed by atoms with Crippen molar-refractivity contribution in [1.29, 1.82) is 0 Å². The van der Waals surface area contributed by atoms with Crippen molar-refractivity contribution in [3.8, 4) is 0 Å². The molecule has 0 aromatic heterocycles. The third-order valence-corrected chi connectivity index (χ3v) is 2.75. The van der Waals surface area contributed by atoms with Crippen LogP contribution in [0, 0.1) is 0 Å². The smallest absolute Gasteiger partial charge is 0.341 e. The van der Waals surface area contributed by atoms with E-state index >= 15 is 0 Å². The van der Waals surface area contributed by atoms with Crippen LogP contribution >= 0.6 is 0 Å². The molecule has 0 aromatic carbocycles. The van der Waals surface area contributed by atoms with E-state index in [1.807, 2.05) is 6.92 Å². The molecule has 1 aliphatic heterocycles. The number of esters is 1. The summed E-state index contributed by atoms with van der Waals surface area (Å²) in [7, 11) is 2.96. The Labute approximate surface area is 78.2 Å². The summed E-state index contributed by atoms with van der Waals surface area (Å²) >= 11 is 0. The van der Waals surface area contributed by atoms with Gasteiger partial charge in [0.05, 0.1) is 13.7 Å². The first-order valence-electron chi connectivity index (χ1n) is 4.34. The third-order valence-electron chi connectivity index (χ3n) is 2.75. The second-order valence-corrected chi connectivity index (χ2v) is 3.41. The second kappa shape index (κ2) is 3.27. The molecule has 1 rings (SSSR count). The Kier molecular flexibility index (Phi) is 2.63. The maximum absolute atomic E-state index is 11.3. The summed E-state index contributed by atoms with van der Waals surface area (Å²) in [5.74, 6) is -0.327. The minimum absolute atomic E-state index is 0.327. The first-order chi connectivity index (χ1) is 6.06. The summed E-state index contributed by atoms with van der Waals surface area (Å²) in [4.78, 5) is 11.3. The van der Waals surface area contributed by atoms with Crippen LogP contribution in [-0.2, 0) is 19.0 Å². The lowest BCUT2D eigenvalue weighted by Gasteiger charge is -2.12. The molecular weight excluding hydrogens is 172 g/mol.